The highest BCUT2D eigenvalue weighted by atomic mass is 32.2. The fourth-order valence-corrected chi connectivity index (χ4v) is 5.26. The van der Waals surface area contributed by atoms with Crippen LogP contribution in [0.15, 0.2) is 47.4 Å². The number of carbonyl (C=O) groups is 2. The molecule has 140 valence electrons. The van der Waals surface area contributed by atoms with Crippen molar-refractivity contribution in [1.29, 1.82) is 0 Å². The summed E-state index contributed by atoms with van der Waals surface area (Å²) in [6.45, 7) is 2.72. The van der Waals surface area contributed by atoms with Gasteiger partial charge in [0, 0.05) is 38.5 Å². The molecule has 0 aromatic heterocycles. The summed E-state index contributed by atoms with van der Waals surface area (Å²) in [5.41, 5.74) is 2.80. The highest BCUT2D eigenvalue weighted by molar-refractivity contribution is 7.92. The normalized spacial score (nSPS) is 16.7. The topological polar surface area (TPSA) is 74.8 Å². The van der Waals surface area contributed by atoms with Crippen LogP contribution in [0.4, 0.5) is 5.69 Å². The minimum atomic E-state index is -3.79. The molecule has 6 nitrogen and oxygen atoms in total. The van der Waals surface area contributed by atoms with Gasteiger partial charge in [-0.25, -0.2) is 8.42 Å². The number of ketones is 1. The summed E-state index contributed by atoms with van der Waals surface area (Å²) in [4.78, 5) is 25.7. The molecule has 2 heterocycles. The van der Waals surface area contributed by atoms with E-state index in [4.69, 9.17) is 0 Å². The van der Waals surface area contributed by atoms with Crippen LogP contribution in [0.25, 0.3) is 0 Å². The summed E-state index contributed by atoms with van der Waals surface area (Å²) in [5.74, 6) is -0.0584. The Morgan fingerprint density at radius 1 is 1.00 bits per heavy atom. The first-order chi connectivity index (χ1) is 12.9. The number of nitrogens with zero attached hydrogens (tertiary/aromatic N) is 2. The SMILES string of the molecule is CC(=O)N1CCc2ccc(S(=O)(=O)N3CCC(=O)c4ccccc43)cc2C1. The van der Waals surface area contributed by atoms with Crippen molar-refractivity contribution in [2.45, 2.75) is 31.2 Å². The number of sulfonamides is 1. The molecule has 0 radical (unpaired) electrons. The molecule has 27 heavy (non-hydrogen) atoms. The number of anilines is 1. The Kier molecular flexibility index (Phi) is 4.26. The second-order valence-corrected chi connectivity index (χ2v) is 8.75. The molecule has 4 rings (SSSR count). The standard InChI is InChI=1S/C20H20N2O4S/c1-14(23)21-10-8-15-6-7-17(12-16(15)13-21)27(25,26)22-11-9-20(24)18-4-2-3-5-19(18)22/h2-7,12H,8-11,13H2,1H3. The van der Waals surface area contributed by atoms with E-state index >= 15 is 0 Å². The van der Waals surface area contributed by atoms with E-state index in [1.165, 1.54) is 11.2 Å². The second-order valence-electron chi connectivity index (χ2n) is 6.89. The van der Waals surface area contributed by atoms with E-state index in [9.17, 15) is 18.0 Å². The van der Waals surface area contributed by atoms with E-state index in [2.05, 4.69) is 0 Å². The molecule has 0 saturated heterocycles. The number of carbonyl (C=O) groups excluding carboxylic acids is 2. The van der Waals surface area contributed by atoms with Crippen molar-refractivity contribution in [2.75, 3.05) is 17.4 Å². The number of para-hydroxylation sites is 1. The number of hydrogen-bond donors (Lipinski definition) is 0. The molecular formula is C20H20N2O4S. The lowest BCUT2D eigenvalue weighted by atomic mass is 10.00. The first kappa shape index (κ1) is 17.7. The van der Waals surface area contributed by atoms with Gasteiger partial charge in [-0.05, 0) is 41.8 Å². The zero-order chi connectivity index (χ0) is 19.2. The molecule has 0 unspecified atom stereocenters. The molecule has 1 amide bonds. The van der Waals surface area contributed by atoms with Crippen LogP contribution in [0.2, 0.25) is 0 Å². The van der Waals surface area contributed by atoms with Crippen molar-refractivity contribution in [3.8, 4) is 0 Å². The van der Waals surface area contributed by atoms with Crippen molar-refractivity contribution >= 4 is 27.4 Å². The van der Waals surface area contributed by atoms with Gasteiger partial charge in [-0.15, -0.1) is 0 Å². The highest BCUT2D eigenvalue weighted by Gasteiger charge is 2.32. The number of Topliss-reactive ketones (excluding diaryl/α,β-unsaturated/α-hetero) is 1. The second kappa shape index (κ2) is 6.49. The smallest absolute Gasteiger partial charge is 0.264 e. The van der Waals surface area contributed by atoms with Crippen molar-refractivity contribution in [3.05, 3.63) is 59.2 Å². The van der Waals surface area contributed by atoms with E-state index in [0.29, 0.717) is 24.3 Å². The van der Waals surface area contributed by atoms with E-state index in [1.807, 2.05) is 6.07 Å². The molecule has 2 aliphatic heterocycles. The molecule has 0 spiro atoms. The van der Waals surface area contributed by atoms with Gasteiger partial charge in [-0.2, -0.15) is 0 Å². The lowest BCUT2D eigenvalue weighted by Crippen LogP contribution is -2.38. The predicted molar refractivity (Wildman–Crippen MR) is 101 cm³/mol. The van der Waals surface area contributed by atoms with Crippen LogP contribution in [0.1, 0.15) is 34.8 Å². The van der Waals surface area contributed by atoms with E-state index in [1.54, 1.807) is 41.3 Å². The zero-order valence-corrected chi connectivity index (χ0v) is 15.8. The molecule has 2 aliphatic rings. The van der Waals surface area contributed by atoms with Crippen molar-refractivity contribution in [1.82, 2.24) is 4.90 Å². The summed E-state index contributed by atoms with van der Waals surface area (Å²) < 4.78 is 27.9. The van der Waals surface area contributed by atoms with Gasteiger partial charge in [-0.1, -0.05) is 18.2 Å². The highest BCUT2D eigenvalue weighted by Crippen LogP contribution is 2.33. The molecular weight excluding hydrogens is 364 g/mol. The van der Waals surface area contributed by atoms with Gasteiger partial charge in [0.05, 0.1) is 10.6 Å². The van der Waals surface area contributed by atoms with Gasteiger partial charge in [0.2, 0.25) is 5.91 Å². The maximum atomic E-state index is 13.3. The third kappa shape index (κ3) is 3.02. The molecule has 0 N–H and O–H groups in total. The summed E-state index contributed by atoms with van der Waals surface area (Å²) in [5, 5.41) is 0. The van der Waals surface area contributed by atoms with E-state index in [0.717, 1.165) is 17.5 Å². The fraction of sp³-hybridized carbons (Fsp3) is 0.300. The molecule has 2 aromatic carbocycles. The lowest BCUT2D eigenvalue weighted by molar-refractivity contribution is -0.129. The largest absolute Gasteiger partial charge is 0.338 e. The number of hydrogen-bond acceptors (Lipinski definition) is 4. The zero-order valence-electron chi connectivity index (χ0n) is 15.0. The van der Waals surface area contributed by atoms with Crippen LogP contribution >= 0.6 is 0 Å². The first-order valence-electron chi connectivity index (χ1n) is 8.90. The van der Waals surface area contributed by atoms with E-state index < -0.39 is 10.0 Å². The minimum Gasteiger partial charge on any atom is -0.338 e. The Morgan fingerprint density at radius 2 is 1.78 bits per heavy atom. The molecule has 0 fully saturated rings. The van der Waals surface area contributed by atoms with E-state index in [-0.39, 0.29) is 29.6 Å². The Labute approximate surface area is 158 Å². The maximum Gasteiger partial charge on any atom is 0.264 e. The summed E-state index contributed by atoms with van der Waals surface area (Å²) in [6.07, 6.45) is 0.885. The number of benzene rings is 2. The molecule has 0 aliphatic carbocycles. The third-order valence-corrected chi connectivity index (χ3v) is 7.05. The Balaban J connectivity index is 1.74. The first-order valence-corrected chi connectivity index (χ1v) is 10.3. The Hall–Kier alpha value is -2.67. The average molecular weight is 384 g/mol. The van der Waals surface area contributed by atoms with Crippen LogP contribution in [-0.4, -0.2) is 38.1 Å². The monoisotopic (exact) mass is 384 g/mol. The van der Waals surface area contributed by atoms with Crippen LogP contribution in [0.5, 0.6) is 0 Å². The molecule has 2 aromatic rings. The van der Waals surface area contributed by atoms with Crippen molar-refractivity contribution < 1.29 is 18.0 Å². The average Bonchev–Trinajstić information content (AvgIpc) is 2.67. The quantitative estimate of drug-likeness (QED) is 0.797. The summed E-state index contributed by atoms with van der Waals surface area (Å²) in [6, 6.07) is 11.9. The predicted octanol–water partition coefficient (Wildman–Crippen LogP) is 2.37. The molecule has 0 saturated carbocycles. The van der Waals surface area contributed by atoms with Gasteiger partial charge >= 0.3 is 0 Å². The van der Waals surface area contributed by atoms with Crippen LogP contribution in [0, 0.1) is 0 Å². The van der Waals surface area contributed by atoms with Crippen molar-refractivity contribution in [3.63, 3.8) is 0 Å². The van der Waals surface area contributed by atoms with Crippen LogP contribution in [0.3, 0.4) is 0 Å². The fourth-order valence-electron chi connectivity index (χ4n) is 3.72. The number of fused-ring (bicyclic) bond motifs is 2. The molecule has 0 bridgehead atoms. The van der Waals surface area contributed by atoms with Gasteiger partial charge in [0.15, 0.2) is 5.78 Å². The maximum absolute atomic E-state index is 13.3. The van der Waals surface area contributed by atoms with Gasteiger partial charge in [-0.3, -0.25) is 13.9 Å². The summed E-state index contributed by atoms with van der Waals surface area (Å²) >= 11 is 0. The molecule has 7 heteroatoms. The molecule has 0 atom stereocenters. The van der Waals surface area contributed by atoms with Crippen molar-refractivity contribution in [2.24, 2.45) is 0 Å². The van der Waals surface area contributed by atoms with Crippen LogP contribution in [-0.2, 0) is 27.8 Å². The van der Waals surface area contributed by atoms with Gasteiger partial charge in [0.25, 0.3) is 10.0 Å². The minimum absolute atomic E-state index is 0.0163. The third-order valence-electron chi connectivity index (χ3n) is 5.24. The number of amides is 1. The Morgan fingerprint density at radius 3 is 2.56 bits per heavy atom. The summed E-state index contributed by atoms with van der Waals surface area (Å²) in [7, 11) is -3.79. The Bertz CT molecular complexity index is 1050. The van der Waals surface area contributed by atoms with Gasteiger partial charge in [0.1, 0.15) is 0 Å². The van der Waals surface area contributed by atoms with Gasteiger partial charge < -0.3 is 4.90 Å². The van der Waals surface area contributed by atoms with Crippen LogP contribution < -0.4 is 4.31 Å². The number of rotatable bonds is 2. The lowest BCUT2D eigenvalue weighted by Gasteiger charge is -2.31.